The molecule has 1 rings (SSSR count). The first-order valence-electron chi connectivity index (χ1n) is 5.81. The van der Waals surface area contributed by atoms with Crippen molar-refractivity contribution >= 4 is 11.9 Å². The summed E-state index contributed by atoms with van der Waals surface area (Å²) in [4.78, 5) is 20.2. The Morgan fingerprint density at radius 3 is 2.35 bits per heavy atom. The van der Waals surface area contributed by atoms with Gasteiger partial charge in [0.1, 0.15) is 5.69 Å². The summed E-state index contributed by atoms with van der Waals surface area (Å²) in [5, 5.41) is 5.90. The molecule has 5 nitrogen and oxygen atoms in total. The van der Waals surface area contributed by atoms with Gasteiger partial charge < -0.3 is 10.6 Å². The van der Waals surface area contributed by atoms with Crippen LogP contribution in [0.3, 0.4) is 0 Å². The van der Waals surface area contributed by atoms with Crippen molar-refractivity contribution in [1.29, 1.82) is 0 Å². The van der Waals surface area contributed by atoms with Crippen molar-refractivity contribution in [3.63, 3.8) is 0 Å². The van der Waals surface area contributed by atoms with E-state index in [2.05, 4.69) is 20.6 Å². The molecule has 0 fully saturated rings. The zero-order chi connectivity index (χ0) is 13.0. The predicted octanol–water partition coefficient (Wildman–Crippen LogP) is 1.74. The highest BCUT2D eigenvalue weighted by Gasteiger charge is 2.11. The molecule has 0 unspecified atom stereocenters. The first-order valence-corrected chi connectivity index (χ1v) is 5.81. The Morgan fingerprint density at radius 1 is 1.18 bits per heavy atom. The van der Waals surface area contributed by atoms with E-state index in [4.69, 9.17) is 0 Å². The topological polar surface area (TPSA) is 66.9 Å². The molecule has 1 amide bonds. The average Bonchev–Trinajstić information content (AvgIpc) is 2.14. The third-order valence-electron chi connectivity index (χ3n) is 1.92. The summed E-state index contributed by atoms with van der Waals surface area (Å²) in [5.41, 5.74) is 1.17. The number of hydrogen-bond donors (Lipinski definition) is 2. The second-order valence-electron chi connectivity index (χ2n) is 4.65. The fourth-order valence-corrected chi connectivity index (χ4v) is 1.34. The minimum atomic E-state index is -0.169. The summed E-state index contributed by atoms with van der Waals surface area (Å²) in [7, 11) is 0. The van der Waals surface area contributed by atoms with Crippen molar-refractivity contribution in [2.24, 2.45) is 0 Å². The zero-order valence-corrected chi connectivity index (χ0v) is 11.0. The van der Waals surface area contributed by atoms with Crippen molar-refractivity contribution in [3.8, 4) is 0 Å². The van der Waals surface area contributed by atoms with Gasteiger partial charge in [0.15, 0.2) is 0 Å². The van der Waals surface area contributed by atoms with Gasteiger partial charge in [0.2, 0.25) is 5.95 Å². The van der Waals surface area contributed by atoms with E-state index in [0.717, 1.165) is 5.69 Å². The average molecular weight is 236 g/mol. The van der Waals surface area contributed by atoms with Crippen LogP contribution in [0, 0.1) is 6.92 Å². The molecule has 0 aliphatic carbocycles. The molecule has 17 heavy (non-hydrogen) atoms. The first-order chi connectivity index (χ1) is 7.88. The number of nitrogens with one attached hydrogen (secondary N) is 2. The Kier molecular flexibility index (Phi) is 4.43. The van der Waals surface area contributed by atoms with Crippen LogP contribution in [-0.4, -0.2) is 28.0 Å². The molecule has 2 N–H and O–H groups in total. The maximum absolute atomic E-state index is 11.8. The Bertz CT molecular complexity index is 401. The Hall–Kier alpha value is -1.65. The van der Waals surface area contributed by atoms with Gasteiger partial charge in [0.05, 0.1) is 0 Å². The smallest absolute Gasteiger partial charge is 0.270 e. The fraction of sp³-hybridized carbons (Fsp3) is 0.583. The maximum Gasteiger partial charge on any atom is 0.270 e. The molecule has 0 bridgehead atoms. The summed E-state index contributed by atoms with van der Waals surface area (Å²) in [6.07, 6.45) is 0. The van der Waals surface area contributed by atoms with Gasteiger partial charge in [0, 0.05) is 17.8 Å². The van der Waals surface area contributed by atoms with Gasteiger partial charge >= 0.3 is 0 Å². The summed E-state index contributed by atoms with van der Waals surface area (Å²) in [6, 6.07) is 2.01. The van der Waals surface area contributed by atoms with Crippen LogP contribution in [0.25, 0.3) is 0 Å². The number of rotatable bonds is 4. The van der Waals surface area contributed by atoms with E-state index in [-0.39, 0.29) is 18.0 Å². The van der Waals surface area contributed by atoms with E-state index < -0.39 is 0 Å². The van der Waals surface area contributed by atoms with Gasteiger partial charge in [-0.25, -0.2) is 9.97 Å². The monoisotopic (exact) mass is 236 g/mol. The van der Waals surface area contributed by atoms with Crippen LogP contribution in [0.15, 0.2) is 6.07 Å². The lowest BCUT2D eigenvalue weighted by molar-refractivity contribution is 0.0938. The van der Waals surface area contributed by atoms with Crippen LogP contribution in [0.5, 0.6) is 0 Å². The highest BCUT2D eigenvalue weighted by Crippen LogP contribution is 2.06. The lowest BCUT2D eigenvalue weighted by Crippen LogP contribution is -2.31. The molecule has 0 saturated heterocycles. The van der Waals surface area contributed by atoms with E-state index in [0.29, 0.717) is 11.6 Å². The standard InChI is InChI=1S/C12H20N4O/c1-7(2)13-11(17)10-6-9(5)15-12(16-10)14-8(3)4/h6-8H,1-5H3,(H,13,17)(H,14,15,16). The maximum atomic E-state index is 11.8. The molecule has 0 atom stereocenters. The van der Waals surface area contributed by atoms with Gasteiger partial charge in [-0.1, -0.05) is 0 Å². The minimum absolute atomic E-state index is 0.0966. The molecule has 1 heterocycles. The minimum Gasteiger partial charge on any atom is -0.352 e. The van der Waals surface area contributed by atoms with Crippen molar-refractivity contribution in [2.45, 2.75) is 46.7 Å². The van der Waals surface area contributed by atoms with Crippen LogP contribution in [0.2, 0.25) is 0 Å². The van der Waals surface area contributed by atoms with E-state index >= 15 is 0 Å². The second kappa shape index (κ2) is 5.61. The number of aromatic nitrogens is 2. The van der Waals surface area contributed by atoms with Crippen molar-refractivity contribution in [3.05, 3.63) is 17.5 Å². The summed E-state index contributed by atoms with van der Waals surface area (Å²) in [5.74, 6) is 0.325. The van der Waals surface area contributed by atoms with Crippen molar-refractivity contribution in [1.82, 2.24) is 15.3 Å². The zero-order valence-electron chi connectivity index (χ0n) is 11.0. The van der Waals surface area contributed by atoms with E-state index in [9.17, 15) is 4.79 Å². The number of hydrogen-bond acceptors (Lipinski definition) is 4. The van der Waals surface area contributed by atoms with E-state index in [1.807, 2.05) is 34.6 Å². The van der Waals surface area contributed by atoms with Crippen LogP contribution in [0.4, 0.5) is 5.95 Å². The van der Waals surface area contributed by atoms with Crippen LogP contribution in [0.1, 0.15) is 43.9 Å². The molecule has 0 aromatic carbocycles. The molecule has 0 saturated carbocycles. The molecular formula is C12H20N4O. The van der Waals surface area contributed by atoms with Gasteiger partial charge in [-0.05, 0) is 40.7 Å². The highest BCUT2D eigenvalue weighted by molar-refractivity contribution is 5.92. The van der Waals surface area contributed by atoms with Gasteiger partial charge in [0.25, 0.3) is 5.91 Å². The summed E-state index contributed by atoms with van der Waals surface area (Å²) in [6.45, 7) is 9.68. The number of nitrogens with zero attached hydrogens (tertiary/aromatic N) is 2. The van der Waals surface area contributed by atoms with Crippen molar-refractivity contribution in [2.75, 3.05) is 5.32 Å². The quantitative estimate of drug-likeness (QED) is 0.835. The second-order valence-corrected chi connectivity index (χ2v) is 4.65. The Morgan fingerprint density at radius 2 is 1.82 bits per heavy atom. The summed E-state index contributed by atoms with van der Waals surface area (Å²) < 4.78 is 0. The van der Waals surface area contributed by atoms with Gasteiger partial charge in [-0.15, -0.1) is 0 Å². The SMILES string of the molecule is Cc1cc(C(=O)NC(C)C)nc(NC(C)C)n1. The predicted molar refractivity (Wildman–Crippen MR) is 68.1 cm³/mol. The summed E-state index contributed by atoms with van der Waals surface area (Å²) >= 11 is 0. The molecule has 0 radical (unpaired) electrons. The molecule has 5 heteroatoms. The van der Waals surface area contributed by atoms with Crippen LogP contribution in [-0.2, 0) is 0 Å². The molecular weight excluding hydrogens is 216 g/mol. The third-order valence-corrected chi connectivity index (χ3v) is 1.92. The third kappa shape index (κ3) is 4.38. The Balaban J connectivity index is 2.92. The number of anilines is 1. The number of amides is 1. The van der Waals surface area contributed by atoms with Gasteiger partial charge in [-0.3, -0.25) is 4.79 Å². The molecule has 1 aromatic heterocycles. The van der Waals surface area contributed by atoms with Crippen LogP contribution >= 0.6 is 0 Å². The van der Waals surface area contributed by atoms with E-state index in [1.54, 1.807) is 6.07 Å². The number of aryl methyl sites for hydroxylation is 1. The normalized spacial score (nSPS) is 10.8. The molecule has 0 aliphatic rings. The molecule has 0 spiro atoms. The van der Waals surface area contributed by atoms with Crippen molar-refractivity contribution < 1.29 is 4.79 Å². The van der Waals surface area contributed by atoms with E-state index in [1.165, 1.54) is 0 Å². The van der Waals surface area contributed by atoms with Crippen LogP contribution < -0.4 is 10.6 Å². The first kappa shape index (κ1) is 13.4. The Labute approximate surface area is 102 Å². The molecule has 1 aromatic rings. The molecule has 0 aliphatic heterocycles. The number of carbonyl (C=O) groups excluding carboxylic acids is 1. The number of carbonyl (C=O) groups is 1. The van der Waals surface area contributed by atoms with Gasteiger partial charge in [-0.2, -0.15) is 0 Å². The molecule has 94 valence electrons. The highest BCUT2D eigenvalue weighted by atomic mass is 16.1. The lowest BCUT2D eigenvalue weighted by atomic mass is 10.3. The lowest BCUT2D eigenvalue weighted by Gasteiger charge is -2.11. The largest absolute Gasteiger partial charge is 0.352 e. The fourth-order valence-electron chi connectivity index (χ4n) is 1.34.